The summed E-state index contributed by atoms with van der Waals surface area (Å²) in [5.74, 6) is -0.121. The molecule has 5 heteroatoms. The summed E-state index contributed by atoms with van der Waals surface area (Å²) in [7, 11) is 0. The average molecular weight is 234 g/mol. The average Bonchev–Trinajstić information content (AvgIpc) is 2.71. The largest absolute Gasteiger partial charge is 0.465 e. The van der Waals surface area contributed by atoms with Crippen molar-refractivity contribution in [3.05, 3.63) is 34.9 Å². The molecule has 2 N–H and O–H groups in total. The van der Waals surface area contributed by atoms with Crippen molar-refractivity contribution < 1.29 is 14.7 Å². The molecule has 0 unspecified atom stereocenters. The lowest BCUT2D eigenvalue weighted by Gasteiger charge is -2.08. The van der Waals surface area contributed by atoms with Gasteiger partial charge in [0.15, 0.2) is 0 Å². The fraction of sp³-hybridized carbons (Fsp3) is 0.333. The van der Waals surface area contributed by atoms with Crippen molar-refractivity contribution >= 4 is 12.0 Å². The Bertz CT molecular complexity index is 471. The highest BCUT2D eigenvalue weighted by Crippen LogP contribution is 2.23. The van der Waals surface area contributed by atoms with Crippen LogP contribution in [0.5, 0.6) is 0 Å². The van der Waals surface area contributed by atoms with Crippen LogP contribution in [0.15, 0.2) is 18.2 Å². The van der Waals surface area contributed by atoms with Crippen LogP contribution in [0.2, 0.25) is 0 Å². The van der Waals surface area contributed by atoms with Crippen LogP contribution in [0.1, 0.15) is 28.4 Å². The van der Waals surface area contributed by atoms with E-state index in [4.69, 9.17) is 5.11 Å². The first-order valence-electron chi connectivity index (χ1n) is 5.49. The maximum absolute atomic E-state index is 11.6. The van der Waals surface area contributed by atoms with E-state index in [9.17, 15) is 9.59 Å². The monoisotopic (exact) mass is 234 g/mol. The Morgan fingerprint density at radius 3 is 2.71 bits per heavy atom. The number of carbonyl (C=O) groups excluding carboxylic acids is 1. The van der Waals surface area contributed by atoms with Gasteiger partial charge in [-0.05, 0) is 30.2 Å². The molecule has 5 nitrogen and oxygen atoms in total. The van der Waals surface area contributed by atoms with Crippen LogP contribution in [-0.4, -0.2) is 28.6 Å². The molecule has 1 aliphatic rings. The van der Waals surface area contributed by atoms with Crippen molar-refractivity contribution in [2.45, 2.75) is 20.0 Å². The standard InChI is InChI=1S/C12H14N2O3/c1-2-13-11(15)8-3-4-9-6-14(12(16)17)7-10(9)5-8/h3-5H,2,6-7H2,1H3,(H,13,15)(H,16,17). The lowest BCUT2D eigenvalue weighted by atomic mass is 10.1. The van der Waals surface area contributed by atoms with Crippen LogP contribution < -0.4 is 5.32 Å². The fourth-order valence-electron chi connectivity index (χ4n) is 1.93. The molecule has 0 aromatic heterocycles. The van der Waals surface area contributed by atoms with Crippen molar-refractivity contribution in [2.75, 3.05) is 6.54 Å². The predicted octanol–water partition coefficient (Wildman–Crippen LogP) is 1.43. The minimum absolute atomic E-state index is 0.121. The van der Waals surface area contributed by atoms with E-state index in [1.54, 1.807) is 12.1 Å². The highest BCUT2D eigenvalue weighted by atomic mass is 16.4. The number of rotatable bonds is 2. The number of fused-ring (bicyclic) bond motifs is 1. The van der Waals surface area contributed by atoms with Crippen molar-refractivity contribution in [2.24, 2.45) is 0 Å². The summed E-state index contributed by atoms with van der Waals surface area (Å²) >= 11 is 0. The van der Waals surface area contributed by atoms with E-state index >= 15 is 0 Å². The summed E-state index contributed by atoms with van der Waals surface area (Å²) in [6.07, 6.45) is -0.930. The summed E-state index contributed by atoms with van der Waals surface area (Å²) in [5, 5.41) is 11.6. The maximum Gasteiger partial charge on any atom is 0.407 e. The predicted molar refractivity (Wildman–Crippen MR) is 61.7 cm³/mol. The van der Waals surface area contributed by atoms with E-state index in [1.165, 1.54) is 4.90 Å². The van der Waals surface area contributed by atoms with E-state index in [1.807, 2.05) is 13.0 Å². The minimum atomic E-state index is -0.930. The van der Waals surface area contributed by atoms with Gasteiger partial charge in [0.2, 0.25) is 0 Å². The molecule has 0 saturated heterocycles. The van der Waals surface area contributed by atoms with Crippen molar-refractivity contribution in [3.8, 4) is 0 Å². The number of hydrogen-bond acceptors (Lipinski definition) is 2. The van der Waals surface area contributed by atoms with Crippen molar-refractivity contribution in [3.63, 3.8) is 0 Å². The van der Waals surface area contributed by atoms with Crippen LogP contribution >= 0.6 is 0 Å². The lowest BCUT2D eigenvalue weighted by Crippen LogP contribution is -2.23. The summed E-state index contributed by atoms with van der Waals surface area (Å²) in [4.78, 5) is 23.8. The third-order valence-corrected chi connectivity index (χ3v) is 2.80. The number of benzene rings is 1. The second kappa shape index (κ2) is 4.45. The summed E-state index contributed by atoms with van der Waals surface area (Å²) < 4.78 is 0. The Hall–Kier alpha value is -2.04. The molecule has 0 aliphatic carbocycles. The topological polar surface area (TPSA) is 69.6 Å². The van der Waals surface area contributed by atoms with Crippen LogP contribution in [0, 0.1) is 0 Å². The molecule has 1 aromatic rings. The minimum Gasteiger partial charge on any atom is -0.465 e. The van der Waals surface area contributed by atoms with E-state index < -0.39 is 6.09 Å². The maximum atomic E-state index is 11.6. The molecular weight excluding hydrogens is 220 g/mol. The molecule has 2 amide bonds. The van der Waals surface area contributed by atoms with Gasteiger partial charge in [-0.2, -0.15) is 0 Å². The van der Waals surface area contributed by atoms with Crippen LogP contribution in [0.25, 0.3) is 0 Å². The molecule has 17 heavy (non-hydrogen) atoms. The Balaban J connectivity index is 2.21. The first-order chi connectivity index (χ1) is 8.11. The quantitative estimate of drug-likeness (QED) is 0.813. The van der Waals surface area contributed by atoms with E-state index in [0.717, 1.165) is 11.1 Å². The van der Waals surface area contributed by atoms with Crippen molar-refractivity contribution in [1.82, 2.24) is 10.2 Å². The van der Waals surface area contributed by atoms with Gasteiger partial charge in [-0.1, -0.05) is 6.07 Å². The van der Waals surface area contributed by atoms with E-state index in [-0.39, 0.29) is 5.91 Å². The second-order valence-electron chi connectivity index (χ2n) is 3.98. The van der Waals surface area contributed by atoms with Gasteiger partial charge in [0.05, 0.1) is 0 Å². The van der Waals surface area contributed by atoms with Crippen LogP contribution in [0.3, 0.4) is 0 Å². The number of carbonyl (C=O) groups is 2. The lowest BCUT2D eigenvalue weighted by molar-refractivity contribution is 0.0955. The van der Waals surface area contributed by atoms with Gasteiger partial charge >= 0.3 is 6.09 Å². The number of carboxylic acid groups (broad SMARTS) is 1. The van der Waals surface area contributed by atoms with Gasteiger partial charge in [-0.15, -0.1) is 0 Å². The Labute approximate surface area is 99.0 Å². The molecule has 0 bridgehead atoms. The van der Waals surface area contributed by atoms with E-state index in [2.05, 4.69) is 5.32 Å². The van der Waals surface area contributed by atoms with Gasteiger partial charge in [0.1, 0.15) is 0 Å². The van der Waals surface area contributed by atoms with Crippen molar-refractivity contribution in [1.29, 1.82) is 0 Å². The number of amides is 2. The van der Waals surface area contributed by atoms with Crippen LogP contribution in [0.4, 0.5) is 4.79 Å². The van der Waals surface area contributed by atoms with Gasteiger partial charge in [-0.3, -0.25) is 9.69 Å². The van der Waals surface area contributed by atoms with Gasteiger partial charge < -0.3 is 10.4 Å². The molecular formula is C12H14N2O3. The van der Waals surface area contributed by atoms with E-state index in [0.29, 0.717) is 25.2 Å². The summed E-state index contributed by atoms with van der Waals surface area (Å²) in [5.41, 5.74) is 2.47. The second-order valence-corrected chi connectivity index (χ2v) is 3.98. The first-order valence-corrected chi connectivity index (χ1v) is 5.49. The highest BCUT2D eigenvalue weighted by molar-refractivity contribution is 5.94. The molecule has 0 fully saturated rings. The summed E-state index contributed by atoms with van der Waals surface area (Å²) in [6.45, 7) is 3.20. The Morgan fingerprint density at radius 2 is 2.06 bits per heavy atom. The summed E-state index contributed by atoms with van der Waals surface area (Å²) in [6, 6.07) is 5.32. The zero-order chi connectivity index (χ0) is 12.4. The van der Waals surface area contributed by atoms with Crippen LogP contribution in [-0.2, 0) is 13.1 Å². The fourth-order valence-corrected chi connectivity index (χ4v) is 1.93. The molecule has 0 atom stereocenters. The molecule has 0 radical (unpaired) electrons. The molecule has 1 aromatic carbocycles. The first kappa shape index (κ1) is 11.4. The third kappa shape index (κ3) is 2.22. The smallest absolute Gasteiger partial charge is 0.407 e. The van der Waals surface area contributed by atoms with Gasteiger partial charge in [0.25, 0.3) is 5.91 Å². The highest BCUT2D eigenvalue weighted by Gasteiger charge is 2.23. The van der Waals surface area contributed by atoms with Gasteiger partial charge in [0, 0.05) is 25.2 Å². The Kier molecular flexibility index (Phi) is 2.99. The SMILES string of the molecule is CCNC(=O)c1ccc2c(c1)CN(C(=O)O)C2. The zero-order valence-electron chi connectivity index (χ0n) is 9.56. The Morgan fingerprint density at radius 1 is 1.35 bits per heavy atom. The van der Waals surface area contributed by atoms with Gasteiger partial charge in [-0.25, -0.2) is 4.79 Å². The molecule has 0 saturated carbocycles. The number of hydrogen-bond donors (Lipinski definition) is 2. The molecule has 90 valence electrons. The molecule has 2 rings (SSSR count). The molecule has 0 spiro atoms. The number of nitrogens with one attached hydrogen (secondary N) is 1. The zero-order valence-corrected chi connectivity index (χ0v) is 9.56. The number of nitrogens with zero attached hydrogens (tertiary/aromatic N) is 1. The normalized spacial score (nSPS) is 13.4. The third-order valence-electron chi connectivity index (χ3n) is 2.80. The molecule has 1 aliphatic heterocycles. The molecule has 1 heterocycles.